The number of carbonyl (C=O) groups excluding carboxylic acids is 1. The summed E-state index contributed by atoms with van der Waals surface area (Å²) in [7, 11) is 1.59. The summed E-state index contributed by atoms with van der Waals surface area (Å²) in [4.78, 5) is 35.6. The Labute approximate surface area is 193 Å². The lowest BCUT2D eigenvalue weighted by molar-refractivity contribution is -0.116. The number of rotatable bonds is 8. The molecule has 0 spiro atoms. The molecule has 0 aliphatic heterocycles. The van der Waals surface area contributed by atoms with E-state index in [2.05, 4.69) is 21.1 Å². The molecule has 2 aromatic heterocycles. The summed E-state index contributed by atoms with van der Waals surface area (Å²) in [6.07, 6.45) is 0.218. The lowest BCUT2D eigenvalue weighted by Crippen LogP contribution is -2.33. The number of nitriles is 1. The maximum Gasteiger partial charge on any atom is 0.266 e. The van der Waals surface area contributed by atoms with E-state index in [0.29, 0.717) is 22.4 Å². The van der Waals surface area contributed by atoms with Gasteiger partial charge < -0.3 is 9.64 Å². The third-order valence-corrected chi connectivity index (χ3v) is 5.74. The Morgan fingerprint density at radius 2 is 1.94 bits per heavy atom. The van der Waals surface area contributed by atoms with Crippen LogP contribution in [-0.4, -0.2) is 44.9 Å². The first-order valence-corrected chi connectivity index (χ1v) is 11.1. The summed E-state index contributed by atoms with van der Waals surface area (Å²) < 4.78 is 6.66. The Hall–Kier alpha value is -4.10. The maximum absolute atomic E-state index is 13.0. The van der Waals surface area contributed by atoms with Gasteiger partial charge in [0, 0.05) is 23.9 Å². The van der Waals surface area contributed by atoms with Crippen molar-refractivity contribution >= 4 is 29.0 Å². The zero-order valence-corrected chi connectivity index (χ0v) is 18.6. The Bertz CT molecular complexity index is 1360. The molecule has 0 saturated carbocycles. The highest BCUT2D eigenvalue weighted by Gasteiger charge is 2.18. The van der Waals surface area contributed by atoms with E-state index in [1.54, 1.807) is 24.1 Å². The number of H-pyrrole nitrogens is 1. The smallest absolute Gasteiger partial charge is 0.266 e. The second-order valence-electron chi connectivity index (χ2n) is 6.95. The molecule has 4 aromatic rings. The van der Waals surface area contributed by atoms with Gasteiger partial charge in [-0.25, -0.2) is 14.5 Å². The Kier molecular flexibility index (Phi) is 6.71. The number of aromatic amines is 1. The first kappa shape index (κ1) is 22.1. The van der Waals surface area contributed by atoms with Gasteiger partial charge >= 0.3 is 0 Å². The number of fused-ring (bicyclic) bond motifs is 1. The summed E-state index contributed by atoms with van der Waals surface area (Å²) in [5.74, 6) is 1.02. The molecule has 4 rings (SSSR count). The van der Waals surface area contributed by atoms with E-state index < -0.39 is 0 Å². The van der Waals surface area contributed by atoms with Crippen LogP contribution < -0.4 is 15.2 Å². The van der Waals surface area contributed by atoms with Gasteiger partial charge in [0.2, 0.25) is 5.91 Å². The number of hydrogen-bond donors (Lipinski definition) is 1. The minimum atomic E-state index is -0.315. The molecule has 33 heavy (non-hydrogen) atoms. The molecule has 1 N–H and O–H groups in total. The van der Waals surface area contributed by atoms with Crippen molar-refractivity contribution in [3.05, 3.63) is 71.0 Å². The predicted molar refractivity (Wildman–Crippen MR) is 125 cm³/mol. The molecule has 0 aliphatic rings. The zero-order valence-electron chi connectivity index (χ0n) is 17.8. The van der Waals surface area contributed by atoms with Gasteiger partial charge in [0.15, 0.2) is 16.6 Å². The van der Waals surface area contributed by atoms with Crippen molar-refractivity contribution in [2.24, 2.45) is 0 Å². The quantitative estimate of drug-likeness (QED) is 0.402. The fourth-order valence-corrected chi connectivity index (χ4v) is 4.05. The number of nitrogens with zero attached hydrogens (tertiary/aromatic N) is 5. The second-order valence-corrected chi connectivity index (χ2v) is 7.89. The average Bonchev–Trinajstić information content (AvgIpc) is 3.23. The van der Waals surface area contributed by atoms with Gasteiger partial charge in [-0.2, -0.15) is 5.26 Å². The molecule has 0 fully saturated rings. The number of anilines is 1. The van der Waals surface area contributed by atoms with Crippen molar-refractivity contribution in [3.63, 3.8) is 0 Å². The number of methoxy groups -OCH3 is 1. The van der Waals surface area contributed by atoms with E-state index in [4.69, 9.17) is 10.00 Å². The third kappa shape index (κ3) is 5.05. The standard InChI is InChI=1S/C23H20N6O3S/c1-32-18-10-8-16(9-11-18)22-25-19-14-20(30)27-29(19)23(26-22)33-15-21(31)28(13-5-12-24)17-6-3-2-4-7-17/h2-4,6-11,14H,5,13,15H2,1H3,(H,27,30). The van der Waals surface area contributed by atoms with E-state index in [0.717, 1.165) is 11.3 Å². The van der Waals surface area contributed by atoms with Crippen molar-refractivity contribution < 1.29 is 9.53 Å². The fraction of sp³-hybridized carbons (Fsp3) is 0.174. The molecular formula is C23H20N6O3S. The summed E-state index contributed by atoms with van der Waals surface area (Å²) in [5, 5.41) is 12.1. The van der Waals surface area contributed by atoms with Gasteiger partial charge in [-0.05, 0) is 36.4 Å². The Morgan fingerprint density at radius 1 is 1.18 bits per heavy atom. The van der Waals surface area contributed by atoms with Crippen molar-refractivity contribution in [1.82, 2.24) is 19.6 Å². The van der Waals surface area contributed by atoms with Crippen LogP contribution in [0, 0.1) is 11.3 Å². The summed E-state index contributed by atoms with van der Waals surface area (Å²) in [6, 6.07) is 19.9. The van der Waals surface area contributed by atoms with Gasteiger partial charge in [0.1, 0.15) is 5.75 Å². The highest BCUT2D eigenvalue weighted by atomic mass is 32.2. The molecule has 2 aromatic carbocycles. The lowest BCUT2D eigenvalue weighted by Gasteiger charge is -2.21. The fourth-order valence-electron chi connectivity index (χ4n) is 3.22. The highest BCUT2D eigenvalue weighted by Crippen LogP contribution is 2.24. The molecule has 0 saturated heterocycles. The van der Waals surface area contributed by atoms with Gasteiger partial charge in [-0.1, -0.05) is 30.0 Å². The topological polar surface area (TPSA) is 116 Å². The summed E-state index contributed by atoms with van der Waals surface area (Å²) in [5.41, 5.74) is 1.56. The van der Waals surface area contributed by atoms with Crippen molar-refractivity contribution in [2.75, 3.05) is 24.3 Å². The monoisotopic (exact) mass is 460 g/mol. The Balaban J connectivity index is 1.62. The summed E-state index contributed by atoms with van der Waals surface area (Å²) >= 11 is 1.19. The number of hydrogen-bond acceptors (Lipinski definition) is 7. The number of thioether (sulfide) groups is 1. The molecule has 0 bridgehead atoms. The molecule has 0 atom stereocenters. The van der Waals surface area contributed by atoms with E-state index in [1.165, 1.54) is 22.3 Å². The van der Waals surface area contributed by atoms with E-state index in [-0.39, 0.29) is 30.2 Å². The van der Waals surface area contributed by atoms with Gasteiger partial charge in [-0.3, -0.25) is 14.7 Å². The number of para-hydroxylation sites is 1. The maximum atomic E-state index is 13.0. The number of aromatic nitrogens is 4. The van der Waals surface area contributed by atoms with Crippen molar-refractivity contribution in [2.45, 2.75) is 11.6 Å². The third-order valence-electron chi connectivity index (χ3n) is 4.81. The number of amides is 1. The van der Waals surface area contributed by atoms with E-state index in [9.17, 15) is 9.59 Å². The molecule has 0 unspecified atom stereocenters. The predicted octanol–water partition coefficient (Wildman–Crippen LogP) is 3.13. The van der Waals surface area contributed by atoms with Crippen LogP contribution in [0.2, 0.25) is 0 Å². The van der Waals surface area contributed by atoms with Gasteiger partial charge in [-0.15, -0.1) is 0 Å². The SMILES string of the molecule is COc1ccc(-c2nc(SCC(=O)N(CCC#N)c3ccccc3)n3[nH]c(=O)cc3n2)cc1. The molecule has 0 radical (unpaired) electrons. The molecule has 0 aliphatic carbocycles. The highest BCUT2D eigenvalue weighted by molar-refractivity contribution is 7.99. The van der Waals surface area contributed by atoms with Crippen molar-refractivity contribution in [1.29, 1.82) is 5.26 Å². The molecule has 10 heteroatoms. The largest absolute Gasteiger partial charge is 0.497 e. The zero-order chi connectivity index (χ0) is 23.2. The van der Waals surface area contributed by atoms with Crippen LogP contribution in [0.3, 0.4) is 0 Å². The average molecular weight is 461 g/mol. The second kappa shape index (κ2) is 10.0. The molecule has 2 heterocycles. The van der Waals surface area contributed by atoms with Crippen LogP contribution in [-0.2, 0) is 4.79 Å². The van der Waals surface area contributed by atoms with E-state index in [1.807, 2.05) is 42.5 Å². The van der Waals surface area contributed by atoms with E-state index >= 15 is 0 Å². The lowest BCUT2D eigenvalue weighted by atomic mass is 10.2. The normalized spacial score (nSPS) is 10.7. The first-order valence-electron chi connectivity index (χ1n) is 10.1. The van der Waals surface area contributed by atoms with Gasteiger partial charge in [0.25, 0.3) is 5.56 Å². The molecule has 166 valence electrons. The van der Waals surface area contributed by atoms with Crippen LogP contribution in [0.5, 0.6) is 5.75 Å². The minimum Gasteiger partial charge on any atom is -0.497 e. The minimum absolute atomic E-state index is 0.0642. The van der Waals surface area contributed by atoms with Gasteiger partial charge in [0.05, 0.1) is 25.4 Å². The van der Waals surface area contributed by atoms with Crippen molar-refractivity contribution in [3.8, 4) is 23.2 Å². The summed E-state index contributed by atoms with van der Waals surface area (Å²) in [6.45, 7) is 0.288. The molecular weight excluding hydrogens is 440 g/mol. The Morgan fingerprint density at radius 3 is 2.64 bits per heavy atom. The molecule has 1 amide bonds. The van der Waals surface area contributed by atoms with Crippen LogP contribution in [0.4, 0.5) is 5.69 Å². The van der Waals surface area contributed by atoms with Crippen LogP contribution in [0.15, 0.2) is 70.6 Å². The number of benzene rings is 2. The van der Waals surface area contributed by atoms with Crippen LogP contribution in [0.25, 0.3) is 17.0 Å². The molecule has 9 nitrogen and oxygen atoms in total. The number of ether oxygens (including phenoxy) is 1. The number of carbonyl (C=O) groups is 1. The first-order chi connectivity index (χ1) is 16.1. The van der Waals surface area contributed by atoms with Crippen LogP contribution in [0.1, 0.15) is 6.42 Å². The van der Waals surface area contributed by atoms with Crippen LogP contribution >= 0.6 is 11.8 Å². The number of nitrogens with one attached hydrogen (secondary N) is 1.